The third-order valence-corrected chi connectivity index (χ3v) is 5.71. The Morgan fingerprint density at radius 3 is 1.60 bits per heavy atom. The summed E-state index contributed by atoms with van der Waals surface area (Å²) in [6.07, 6.45) is 2.17. The maximum absolute atomic E-state index is 12.0. The molecule has 9 heteroatoms. The van der Waals surface area contributed by atoms with Gasteiger partial charge in [0, 0.05) is 0 Å². The van der Waals surface area contributed by atoms with Gasteiger partial charge in [0.15, 0.2) is 17.3 Å². The topological polar surface area (TPSA) is 104 Å². The molecule has 25 heavy (non-hydrogen) atoms. The number of rotatable bonds is 11. The lowest BCUT2D eigenvalue weighted by Gasteiger charge is -2.14. The average molecular weight is 392 g/mol. The van der Waals surface area contributed by atoms with Gasteiger partial charge in [0.05, 0.1) is 11.5 Å². The van der Waals surface area contributed by atoms with Crippen LogP contribution >= 0.6 is 0 Å². The van der Waals surface area contributed by atoms with Crippen LogP contribution in [0.15, 0.2) is 18.2 Å². The van der Waals surface area contributed by atoms with Crippen LogP contribution in [-0.2, 0) is 20.2 Å². The minimum Gasteiger partial charge on any atom is -0.381 e. The fourth-order valence-corrected chi connectivity index (χ4v) is 4.27. The Bertz CT molecular complexity index is 738. The second kappa shape index (κ2) is 9.19. The smallest absolute Gasteiger partial charge is 0.309 e. The number of carbonyl (C=O) groups is 1. The summed E-state index contributed by atoms with van der Waals surface area (Å²) >= 11 is 0. The maximum Gasteiger partial charge on any atom is 0.309 e. The molecule has 1 aromatic carbocycles. The fourth-order valence-electron chi connectivity index (χ4n) is 2.00. The van der Waals surface area contributed by atoms with E-state index in [1.165, 1.54) is 25.1 Å². The van der Waals surface area contributed by atoms with Crippen molar-refractivity contribution in [2.45, 2.75) is 46.5 Å². The second-order valence-electron chi connectivity index (χ2n) is 5.58. The van der Waals surface area contributed by atoms with Crippen LogP contribution in [0.2, 0.25) is 0 Å². The number of hydrogen-bond donors (Lipinski definition) is 0. The van der Waals surface area contributed by atoms with Crippen molar-refractivity contribution in [3.63, 3.8) is 0 Å². The largest absolute Gasteiger partial charge is 0.381 e. The van der Waals surface area contributed by atoms with Gasteiger partial charge in [-0.3, -0.25) is 4.79 Å². The molecular weight excluding hydrogens is 368 g/mol. The molecule has 0 heterocycles. The van der Waals surface area contributed by atoms with Crippen LogP contribution < -0.4 is 8.37 Å². The second-order valence-corrected chi connectivity index (χ2v) is 8.96. The van der Waals surface area contributed by atoms with Gasteiger partial charge < -0.3 is 8.37 Å². The van der Waals surface area contributed by atoms with Crippen LogP contribution in [0.3, 0.4) is 0 Å². The average Bonchev–Trinajstić information content (AvgIpc) is 2.50. The van der Waals surface area contributed by atoms with E-state index >= 15 is 0 Å². The van der Waals surface area contributed by atoms with Crippen LogP contribution in [-0.4, -0.2) is 34.1 Å². The van der Waals surface area contributed by atoms with Gasteiger partial charge in [-0.05, 0) is 31.9 Å². The van der Waals surface area contributed by atoms with Crippen molar-refractivity contribution in [2.24, 2.45) is 0 Å². The lowest BCUT2D eigenvalue weighted by molar-refractivity contribution is 0.101. The van der Waals surface area contributed by atoms with Gasteiger partial charge in [-0.25, -0.2) is 0 Å². The van der Waals surface area contributed by atoms with E-state index in [0.717, 1.165) is 0 Å². The molecule has 0 unspecified atom stereocenters. The van der Waals surface area contributed by atoms with E-state index < -0.39 is 26.0 Å². The van der Waals surface area contributed by atoms with Crippen molar-refractivity contribution < 1.29 is 30.0 Å². The first-order chi connectivity index (χ1) is 11.6. The normalized spacial score (nSPS) is 12.0. The lowest BCUT2D eigenvalue weighted by Crippen LogP contribution is -2.18. The summed E-state index contributed by atoms with van der Waals surface area (Å²) in [6, 6.07) is 3.97. The molecule has 0 aliphatic rings. The Hall–Kier alpha value is -1.61. The Labute approximate surface area is 149 Å². The quantitative estimate of drug-likeness (QED) is 0.421. The first kappa shape index (κ1) is 21.4. The Morgan fingerprint density at radius 2 is 1.28 bits per heavy atom. The van der Waals surface area contributed by atoms with Crippen molar-refractivity contribution in [1.29, 1.82) is 0 Å². The van der Waals surface area contributed by atoms with Crippen molar-refractivity contribution in [3.8, 4) is 11.5 Å². The molecule has 0 bridgehead atoms. The molecule has 142 valence electrons. The SMILES string of the molecule is CCCCS(=O)(=O)Oc1cccc(OS(=O)(=O)CCCC)c1C(C)=O. The van der Waals surface area contributed by atoms with Gasteiger partial charge in [-0.1, -0.05) is 32.8 Å². The summed E-state index contributed by atoms with van der Waals surface area (Å²) in [7, 11) is -7.77. The van der Waals surface area contributed by atoms with Crippen molar-refractivity contribution in [3.05, 3.63) is 23.8 Å². The van der Waals surface area contributed by atoms with Gasteiger partial charge >= 0.3 is 20.2 Å². The lowest BCUT2D eigenvalue weighted by atomic mass is 10.1. The Kier molecular flexibility index (Phi) is 7.88. The van der Waals surface area contributed by atoms with E-state index in [1.807, 2.05) is 13.8 Å². The third kappa shape index (κ3) is 7.03. The van der Waals surface area contributed by atoms with Gasteiger partial charge in [-0.2, -0.15) is 16.8 Å². The highest BCUT2D eigenvalue weighted by Crippen LogP contribution is 2.31. The Balaban J connectivity index is 3.20. The van der Waals surface area contributed by atoms with Gasteiger partial charge in [-0.15, -0.1) is 0 Å². The molecule has 0 N–H and O–H groups in total. The maximum atomic E-state index is 12.0. The number of Topliss-reactive ketones (excluding diaryl/α,β-unsaturated/α-hetero) is 1. The van der Waals surface area contributed by atoms with Crippen LogP contribution in [0.25, 0.3) is 0 Å². The summed E-state index contributed by atoms with van der Waals surface area (Å²) in [5, 5.41) is 0. The first-order valence-electron chi connectivity index (χ1n) is 8.10. The first-order valence-corrected chi connectivity index (χ1v) is 11.3. The summed E-state index contributed by atoms with van der Waals surface area (Å²) in [6.45, 7) is 4.87. The molecule has 0 aliphatic heterocycles. The molecule has 1 aromatic rings. The van der Waals surface area contributed by atoms with E-state index in [2.05, 4.69) is 0 Å². The van der Waals surface area contributed by atoms with Crippen LogP contribution in [0.1, 0.15) is 56.8 Å². The zero-order valence-corrected chi connectivity index (χ0v) is 16.3. The molecule has 0 aromatic heterocycles. The monoisotopic (exact) mass is 392 g/mol. The Morgan fingerprint density at radius 1 is 0.880 bits per heavy atom. The van der Waals surface area contributed by atoms with Crippen molar-refractivity contribution >= 4 is 26.0 Å². The van der Waals surface area contributed by atoms with Crippen LogP contribution in [0.5, 0.6) is 11.5 Å². The van der Waals surface area contributed by atoms with E-state index in [-0.39, 0.29) is 28.6 Å². The van der Waals surface area contributed by atoms with Crippen LogP contribution in [0, 0.1) is 0 Å². The molecule has 1 rings (SSSR count). The molecule has 0 saturated heterocycles. The summed E-state index contributed by atoms with van der Waals surface area (Å²) in [5.74, 6) is -1.40. The summed E-state index contributed by atoms with van der Waals surface area (Å²) < 4.78 is 57.9. The fraction of sp³-hybridized carbons (Fsp3) is 0.562. The molecule has 0 atom stereocenters. The molecule has 0 amide bonds. The highest BCUT2D eigenvalue weighted by Gasteiger charge is 2.23. The molecule has 0 aliphatic carbocycles. The van der Waals surface area contributed by atoms with E-state index in [9.17, 15) is 21.6 Å². The number of ketones is 1. The van der Waals surface area contributed by atoms with E-state index in [0.29, 0.717) is 25.7 Å². The molecule has 0 spiro atoms. The van der Waals surface area contributed by atoms with E-state index in [1.54, 1.807) is 0 Å². The zero-order chi connectivity index (χ0) is 19.1. The molecule has 7 nitrogen and oxygen atoms in total. The number of unbranched alkanes of at least 4 members (excludes halogenated alkanes) is 2. The highest BCUT2D eigenvalue weighted by atomic mass is 32.2. The predicted molar refractivity (Wildman–Crippen MR) is 95.1 cm³/mol. The molecule has 0 radical (unpaired) electrons. The molecule has 0 fully saturated rings. The highest BCUT2D eigenvalue weighted by molar-refractivity contribution is 7.87. The van der Waals surface area contributed by atoms with Gasteiger partial charge in [0.2, 0.25) is 0 Å². The zero-order valence-electron chi connectivity index (χ0n) is 14.6. The number of hydrogen-bond acceptors (Lipinski definition) is 7. The third-order valence-electron chi connectivity index (χ3n) is 3.27. The van der Waals surface area contributed by atoms with Crippen LogP contribution in [0.4, 0.5) is 0 Å². The molecule has 0 saturated carbocycles. The minimum atomic E-state index is -3.88. The summed E-state index contributed by atoms with van der Waals surface area (Å²) in [5.41, 5.74) is -0.206. The molecular formula is C16H24O7S2. The van der Waals surface area contributed by atoms with Crippen molar-refractivity contribution in [2.75, 3.05) is 11.5 Å². The summed E-state index contributed by atoms with van der Waals surface area (Å²) in [4.78, 5) is 11.9. The number of carbonyl (C=O) groups excluding carboxylic acids is 1. The predicted octanol–water partition coefficient (Wildman–Crippen LogP) is 2.91. The van der Waals surface area contributed by atoms with Crippen molar-refractivity contribution in [1.82, 2.24) is 0 Å². The number of benzene rings is 1. The minimum absolute atomic E-state index is 0.194. The van der Waals surface area contributed by atoms with E-state index in [4.69, 9.17) is 8.37 Å². The standard InChI is InChI=1S/C16H24O7S2/c1-4-6-11-24(18,19)22-14-9-8-10-15(16(14)13(3)17)23-25(20,21)12-7-5-2/h8-10H,4-7,11-12H2,1-3H3. The van der Waals surface area contributed by atoms with Gasteiger partial charge in [0.25, 0.3) is 0 Å². The van der Waals surface area contributed by atoms with Gasteiger partial charge in [0.1, 0.15) is 5.56 Å².